The van der Waals surface area contributed by atoms with E-state index in [0.717, 1.165) is 60.7 Å². The molecule has 4 bridgehead atoms. The van der Waals surface area contributed by atoms with Gasteiger partial charge >= 0.3 is 11.9 Å². The second-order valence-corrected chi connectivity index (χ2v) is 17.2. The molecular formula is C36H58O5. The minimum atomic E-state index is -0.643. The highest BCUT2D eigenvalue weighted by atomic mass is 16.4. The fourth-order valence-electron chi connectivity index (χ4n) is 13.6. The topological polar surface area (TPSA) is 94.8 Å². The summed E-state index contributed by atoms with van der Waals surface area (Å²) >= 11 is 0. The molecule has 8 saturated carbocycles. The zero-order valence-corrected chi connectivity index (χ0v) is 26.2. The van der Waals surface area contributed by atoms with E-state index in [4.69, 9.17) is 10.2 Å². The average Bonchev–Trinajstić information content (AvgIpc) is 3.24. The van der Waals surface area contributed by atoms with Gasteiger partial charge in [0.25, 0.3) is 0 Å². The van der Waals surface area contributed by atoms with Gasteiger partial charge in [-0.2, -0.15) is 0 Å². The van der Waals surface area contributed by atoms with Crippen LogP contribution in [0.3, 0.4) is 0 Å². The number of aliphatic hydroxyl groups is 1. The first-order valence-electron chi connectivity index (χ1n) is 17.5. The third kappa shape index (κ3) is 5.53. The van der Waals surface area contributed by atoms with Gasteiger partial charge in [-0.1, -0.05) is 20.8 Å². The molecule has 0 aliphatic heterocycles. The van der Waals surface area contributed by atoms with E-state index in [1.807, 2.05) is 0 Å². The second kappa shape index (κ2) is 11.1. The van der Waals surface area contributed by atoms with Gasteiger partial charge in [-0.05, 0) is 172 Å². The maximum atomic E-state index is 11.0. The van der Waals surface area contributed by atoms with Gasteiger partial charge < -0.3 is 15.3 Å². The molecule has 9 unspecified atom stereocenters. The highest BCUT2D eigenvalue weighted by Gasteiger charge is 2.60. The molecule has 0 amide bonds. The van der Waals surface area contributed by atoms with Crippen molar-refractivity contribution in [2.24, 2.45) is 69.5 Å². The third-order valence-electron chi connectivity index (χ3n) is 14.9. The van der Waals surface area contributed by atoms with Gasteiger partial charge in [-0.3, -0.25) is 9.59 Å². The van der Waals surface area contributed by atoms with Gasteiger partial charge in [0, 0.05) is 6.42 Å². The van der Waals surface area contributed by atoms with Crippen LogP contribution < -0.4 is 0 Å². The van der Waals surface area contributed by atoms with Crippen LogP contribution in [-0.4, -0.2) is 33.4 Å². The summed E-state index contributed by atoms with van der Waals surface area (Å²) in [6, 6.07) is 0. The van der Waals surface area contributed by atoms with E-state index < -0.39 is 11.9 Å². The minimum absolute atomic E-state index is 0.0561. The van der Waals surface area contributed by atoms with Gasteiger partial charge in [-0.25, -0.2) is 0 Å². The number of carboxylic acids is 2. The predicted molar refractivity (Wildman–Crippen MR) is 160 cm³/mol. The number of aliphatic hydroxyl groups excluding tert-OH is 1. The number of fused-ring (bicyclic) bond motifs is 5. The van der Waals surface area contributed by atoms with Crippen molar-refractivity contribution < 1.29 is 24.9 Å². The Morgan fingerprint density at radius 3 is 1.98 bits per heavy atom. The highest BCUT2D eigenvalue weighted by molar-refractivity contribution is 5.68. The quantitative estimate of drug-likeness (QED) is 0.299. The largest absolute Gasteiger partial charge is 0.481 e. The van der Waals surface area contributed by atoms with Crippen LogP contribution in [0.4, 0.5) is 0 Å². The Morgan fingerprint density at radius 1 is 0.756 bits per heavy atom. The van der Waals surface area contributed by atoms with E-state index in [0.29, 0.717) is 35.5 Å². The summed E-state index contributed by atoms with van der Waals surface area (Å²) in [5.74, 6) is 5.96. The van der Waals surface area contributed by atoms with E-state index in [9.17, 15) is 14.7 Å². The first-order chi connectivity index (χ1) is 19.4. The van der Waals surface area contributed by atoms with Crippen molar-refractivity contribution in [3.05, 3.63) is 0 Å². The highest BCUT2D eigenvalue weighted by Crippen LogP contribution is 2.68. The van der Waals surface area contributed by atoms with Crippen LogP contribution in [0, 0.1) is 69.5 Å². The zero-order valence-electron chi connectivity index (χ0n) is 26.2. The molecule has 0 spiro atoms. The molecule has 5 heteroatoms. The normalized spacial score (nSPS) is 50.1. The number of carboxylic acid groups (broad SMARTS) is 2. The Hall–Kier alpha value is -1.10. The monoisotopic (exact) mass is 570 g/mol. The maximum Gasteiger partial charge on any atom is 0.303 e. The summed E-state index contributed by atoms with van der Waals surface area (Å²) < 4.78 is 0. The average molecular weight is 571 g/mol. The third-order valence-corrected chi connectivity index (χ3v) is 14.9. The second-order valence-electron chi connectivity index (χ2n) is 17.2. The van der Waals surface area contributed by atoms with Crippen LogP contribution in [0.25, 0.3) is 0 Å². The van der Waals surface area contributed by atoms with Crippen LogP contribution in [0.2, 0.25) is 0 Å². The van der Waals surface area contributed by atoms with E-state index in [1.54, 1.807) is 0 Å². The summed E-state index contributed by atoms with van der Waals surface area (Å²) in [5, 5.41) is 28.3. The molecule has 9 atom stereocenters. The first-order valence-corrected chi connectivity index (χ1v) is 17.5. The number of rotatable bonds is 6. The van der Waals surface area contributed by atoms with E-state index in [2.05, 4.69) is 20.8 Å². The number of carbonyl (C=O) groups is 2. The summed E-state index contributed by atoms with van der Waals surface area (Å²) in [7, 11) is 0. The summed E-state index contributed by atoms with van der Waals surface area (Å²) in [5.41, 5.74) is 1.10. The lowest BCUT2D eigenvalue weighted by Crippen LogP contribution is -2.54. The lowest BCUT2D eigenvalue weighted by atomic mass is 9.44. The van der Waals surface area contributed by atoms with Crippen LogP contribution in [-0.2, 0) is 9.59 Å². The number of hydrogen-bond acceptors (Lipinski definition) is 3. The first kappa shape index (κ1) is 29.9. The standard InChI is InChI=1S/C24H40O3.C12H18O2/c1-15(4-9-22(26)27)19-7-8-20-18-6-5-16-14-17(25)10-12-23(16,2)21(18)11-13-24(19,20)3;13-11(14)7-12-4-8-1-9(5-12)3-10(2-8)6-12/h15-21,25H,4-14H2,1-3H3,(H,26,27);8-10H,1-7H2,(H,13,14). The van der Waals surface area contributed by atoms with Crippen molar-refractivity contribution in [3.8, 4) is 0 Å². The van der Waals surface area contributed by atoms with Crippen LogP contribution in [0.5, 0.6) is 0 Å². The molecule has 3 N–H and O–H groups in total. The molecule has 41 heavy (non-hydrogen) atoms. The Labute approximate surface area is 248 Å². The van der Waals surface area contributed by atoms with Crippen molar-refractivity contribution in [1.82, 2.24) is 0 Å². The van der Waals surface area contributed by atoms with Crippen LogP contribution in [0.15, 0.2) is 0 Å². The Morgan fingerprint density at radius 2 is 1.37 bits per heavy atom. The lowest BCUT2D eigenvalue weighted by Gasteiger charge is -2.61. The molecule has 5 nitrogen and oxygen atoms in total. The Kier molecular flexibility index (Phi) is 8.12. The van der Waals surface area contributed by atoms with E-state index >= 15 is 0 Å². The van der Waals surface area contributed by atoms with Crippen molar-refractivity contribution in [2.45, 2.75) is 142 Å². The van der Waals surface area contributed by atoms with Gasteiger partial charge in [-0.15, -0.1) is 0 Å². The lowest BCUT2D eigenvalue weighted by molar-refractivity contribution is -0.145. The number of hydrogen-bond donors (Lipinski definition) is 3. The molecule has 0 radical (unpaired) electrons. The van der Waals surface area contributed by atoms with Gasteiger partial charge in [0.2, 0.25) is 0 Å². The van der Waals surface area contributed by atoms with Crippen molar-refractivity contribution >= 4 is 11.9 Å². The molecule has 8 aliphatic carbocycles. The molecule has 8 aliphatic rings. The molecule has 8 rings (SSSR count). The predicted octanol–water partition coefficient (Wildman–Crippen LogP) is 8.18. The molecule has 0 aromatic heterocycles. The fourth-order valence-corrected chi connectivity index (χ4v) is 13.6. The van der Waals surface area contributed by atoms with Crippen LogP contribution in [0.1, 0.15) is 136 Å². The SMILES string of the molecule is CC(CCC(=O)O)C1CCC2C3CCC4CC(O)CCC4(C)C3CCC12C.O=C(O)CC12CC3CC(CC(C3)C1)C2. The summed E-state index contributed by atoms with van der Waals surface area (Å²) in [6.07, 6.45) is 20.7. The van der Waals surface area contributed by atoms with Crippen LogP contribution >= 0.6 is 0 Å². The van der Waals surface area contributed by atoms with Crippen molar-refractivity contribution in [1.29, 1.82) is 0 Å². The minimum Gasteiger partial charge on any atom is -0.481 e. The Bertz CT molecular complexity index is 955. The molecule has 0 heterocycles. The summed E-state index contributed by atoms with van der Waals surface area (Å²) in [6.45, 7) is 7.43. The Balaban J connectivity index is 0.000000180. The molecule has 0 aromatic carbocycles. The molecule has 0 saturated heterocycles. The van der Waals surface area contributed by atoms with Gasteiger partial charge in [0.1, 0.15) is 0 Å². The smallest absolute Gasteiger partial charge is 0.303 e. The molecule has 0 aromatic rings. The zero-order chi connectivity index (χ0) is 29.2. The van der Waals surface area contributed by atoms with Crippen molar-refractivity contribution in [3.63, 3.8) is 0 Å². The van der Waals surface area contributed by atoms with Gasteiger partial charge in [0.05, 0.1) is 12.5 Å². The molecule has 232 valence electrons. The fraction of sp³-hybridized carbons (Fsp3) is 0.944. The van der Waals surface area contributed by atoms with E-state index in [1.165, 1.54) is 83.5 Å². The number of aliphatic carboxylic acids is 2. The molecule has 8 fully saturated rings. The molecular weight excluding hydrogens is 512 g/mol. The van der Waals surface area contributed by atoms with Crippen molar-refractivity contribution in [2.75, 3.05) is 0 Å². The van der Waals surface area contributed by atoms with Gasteiger partial charge in [0.15, 0.2) is 0 Å². The summed E-state index contributed by atoms with van der Waals surface area (Å²) in [4.78, 5) is 21.9. The van der Waals surface area contributed by atoms with E-state index in [-0.39, 0.29) is 11.5 Å². The maximum absolute atomic E-state index is 11.0.